The zero-order valence-electron chi connectivity index (χ0n) is 16.1. The molecule has 168 valence electrons. The molecule has 0 spiro atoms. The standard InChI is InChI=1S/C20H15ClF3N3O4S/c21-16-8-12(4-7-18(16)30-13-5-6-13)17-10-19(26-11-25-17)27-32(28,29)15-3-1-2-14(9-15)31-20(22,23)24/h1-4,7-11,13H,5-6H2,(H,25,26,27). The molecule has 0 amide bonds. The molecule has 1 fully saturated rings. The highest BCUT2D eigenvalue weighted by atomic mass is 35.5. The van der Waals surface area contributed by atoms with E-state index in [9.17, 15) is 21.6 Å². The molecule has 32 heavy (non-hydrogen) atoms. The number of aromatic nitrogens is 2. The third kappa shape index (κ3) is 5.60. The lowest BCUT2D eigenvalue weighted by atomic mass is 10.1. The van der Waals surface area contributed by atoms with E-state index in [0.29, 0.717) is 22.0 Å². The first-order valence-corrected chi connectivity index (χ1v) is 11.1. The predicted octanol–water partition coefficient (Wildman–Crippen LogP) is 5.04. The van der Waals surface area contributed by atoms with Crippen LogP contribution in [-0.2, 0) is 10.0 Å². The van der Waals surface area contributed by atoms with Gasteiger partial charge in [0.05, 0.1) is 21.7 Å². The van der Waals surface area contributed by atoms with E-state index in [1.54, 1.807) is 18.2 Å². The molecule has 0 aliphatic heterocycles. The summed E-state index contributed by atoms with van der Waals surface area (Å²) < 4.78 is 74.2. The summed E-state index contributed by atoms with van der Waals surface area (Å²) in [5, 5.41) is 0.386. The number of sulfonamides is 1. The molecule has 7 nitrogen and oxygen atoms in total. The van der Waals surface area contributed by atoms with Gasteiger partial charge in [0.1, 0.15) is 23.6 Å². The van der Waals surface area contributed by atoms with Gasteiger partial charge in [0.25, 0.3) is 10.0 Å². The second kappa shape index (κ2) is 8.47. The van der Waals surface area contributed by atoms with Crippen molar-refractivity contribution in [2.45, 2.75) is 30.2 Å². The van der Waals surface area contributed by atoms with Crippen LogP contribution in [0.3, 0.4) is 0 Å². The topological polar surface area (TPSA) is 90.4 Å². The fraction of sp³-hybridized carbons (Fsp3) is 0.200. The van der Waals surface area contributed by atoms with Gasteiger partial charge in [-0.15, -0.1) is 13.2 Å². The fourth-order valence-corrected chi connectivity index (χ4v) is 3.99. The Morgan fingerprint density at radius 1 is 1.06 bits per heavy atom. The molecule has 4 rings (SSSR count). The Morgan fingerprint density at radius 2 is 1.84 bits per heavy atom. The SMILES string of the molecule is O=S(=O)(Nc1cc(-c2ccc(OC3CC3)c(Cl)c2)ncn1)c1cccc(OC(F)(F)F)c1. The molecule has 2 aromatic carbocycles. The van der Waals surface area contributed by atoms with Crippen LogP contribution >= 0.6 is 11.6 Å². The van der Waals surface area contributed by atoms with Crippen LogP contribution in [0.5, 0.6) is 11.5 Å². The fourth-order valence-electron chi connectivity index (χ4n) is 2.73. The quantitative estimate of drug-likeness (QED) is 0.504. The van der Waals surface area contributed by atoms with E-state index >= 15 is 0 Å². The van der Waals surface area contributed by atoms with Gasteiger partial charge in [-0.25, -0.2) is 18.4 Å². The second-order valence-corrected chi connectivity index (χ2v) is 8.97. The number of halogens is 4. The van der Waals surface area contributed by atoms with E-state index in [-0.39, 0.29) is 11.9 Å². The maximum absolute atomic E-state index is 12.6. The highest BCUT2D eigenvalue weighted by Crippen LogP contribution is 2.34. The van der Waals surface area contributed by atoms with Crippen LogP contribution in [0.25, 0.3) is 11.3 Å². The van der Waals surface area contributed by atoms with Crippen molar-refractivity contribution >= 4 is 27.4 Å². The molecule has 1 aliphatic rings. The van der Waals surface area contributed by atoms with Gasteiger partial charge in [0, 0.05) is 17.7 Å². The van der Waals surface area contributed by atoms with Gasteiger partial charge in [-0.3, -0.25) is 4.72 Å². The number of ether oxygens (including phenoxy) is 2. The first-order valence-electron chi connectivity index (χ1n) is 9.26. The Kier molecular flexibility index (Phi) is 5.87. The predicted molar refractivity (Wildman–Crippen MR) is 110 cm³/mol. The maximum Gasteiger partial charge on any atom is 0.573 e. The summed E-state index contributed by atoms with van der Waals surface area (Å²) in [4.78, 5) is 7.57. The van der Waals surface area contributed by atoms with E-state index < -0.39 is 27.0 Å². The molecular weight excluding hydrogens is 471 g/mol. The van der Waals surface area contributed by atoms with E-state index in [1.165, 1.54) is 6.07 Å². The Balaban J connectivity index is 1.55. The third-order valence-corrected chi connectivity index (χ3v) is 5.95. The lowest BCUT2D eigenvalue weighted by molar-refractivity contribution is -0.274. The van der Waals surface area contributed by atoms with E-state index in [1.807, 2.05) is 0 Å². The minimum absolute atomic E-state index is 0.0772. The molecule has 0 bridgehead atoms. The summed E-state index contributed by atoms with van der Waals surface area (Å²) in [7, 11) is -4.25. The number of hydrogen-bond donors (Lipinski definition) is 1. The molecule has 1 saturated carbocycles. The van der Waals surface area contributed by atoms with Gasteiger partial charge in [0.2, 0.25) is 0 Å². The van der Waals surface area contributed by atoms with Gasteiger partial charge < -0.3 is 9.47 Å². The van der Waals surface area contributed by atoms with Gasteiger partial charge in [-0.2, -0.15) is 0 Å². The number of rotatable bonds is 7. The van der Waals surface area contributed by atoms with Crippen molar-refractivity contribution in [3.63, 3.8) is 0 Å². The summed E-state index contributed by atoms with van der Waals surface area (Å²) >= 11 is 6.27. The van der Waals surface area contributed by atoms with Crippen molar-refractivity contribution in [2.75, 3.05) is 4.72 Å². The van der Waals surface area contributed by atoms with Gasteiger partial charge in [0.15, 0.2) is 0 Å². The molecule has 1 N–H and O–H groups in total. The molecule has 1 aliphatic carbocycles. The summed E-state index contributed by atoms with van der Waals surface area (Å²) in [6.07, 6.45) is -1.65. The Labute approximate surface area is 186 Å². The van der Waals surface area contributed by atoms with Crippen LogP contribution in [0.1, 0.15) is 12.8 Å². The van der Waals surface area contributed by atoms with Crippen molar-refractivity contribution in [1.82, 2.24) is 9.97 Å². The van der Waals surface area contributed by atoms with Crippen molar-refractivity contribution in [1.29, 1.82) is 0 Å². The van der Waals surface area contributed by atoms with Gasteiger partial charge in [-0.1, -0.05) is 17.7 Å². The molecule has 3 aromatic rings. The molecule has 0 saturated heterocycles. The van der Waals surface area contributed by atoms with Crippen LogP contribution < -0.4 is 14.2 Å². The molecule has 0 unspecified atom stereocenters. The van der Waals surface area contributed by atoms with Gasteiger partial charge >= 0.3 is 6.36 Å². The zero-order valence-corrected chi connectivity index (χ0v) is 17.7. The van der Waals surface area contributed by atoms with Crippen molar-refractivity contribution in [2.24, 2.45) is 0 Å². The van der Waals surface area contributed by atoms with E-state index in [4.69, 9.17) is 16.3 Å². The first kappa shape index (κ1) is 22.2. The number of alkyl halides is 3. The summed E-state index contributed by atoms with van der Waals surface area (Å²) in [5.41, 5.74) is 0.980. The summed E-state index contributed by atoms with van der Waals surface area (Å²) in [6, 6.07) is 10.5. The minimum atomic E-state index is -4.95. The van der Waals surface area contributed by atoms with Crippen LogP contribution in [0.4, 0.5) is 19.0 Å². The van der Waals surface area contributed by atoms with Crippen LogP contribution in [0, 0.1) is 0 Å². The second-order valence-electron chi connectivity index (χ2n) is 6.88. The number of anilines is 1. The molecular formula is C20H15ClF3N3O4S. The zero-order chi connectivity index (χ0) is 22.9. The third-order valence-electron chi connectivity index (χ3n) is 4.30. The Hall–Kier alpha value is -3.05. The molecule has 12 heteroatoms. The summed E-state index contributed by atoms with van der Waals surface area (Å²) in [5.74, 6) is -0.188. The molecule has 1 heterocycles. The lowest BCUT2D eigenvalue weighted by Crippen LogP contribution is -2.18. The maximum atomic E-state index is 12.6. The van der Waals surface area contributed by atoms with Crippen molar-refractivity contribution in [3.05, 3.63) is 59.9 Å². The smallest absolute Gasteiger partial charge is 0.489 e. The Bertz CT molecular complexity index is 1250. The van der Waals surface area contributed by atoms with Crippen molar-refractivity contribution < 1.29 is 31.1 Å². The molecule has 0 atom stereocenters. The van der Waals surface area contributed by atoms with Crippen LogP contribution in [0.15, 0.2) is 59.8 Å². The van der Waals surface area contributed by atoms with E-state index in [2.05, 4.69) is 19.4 Å². The highest BCUT2D eigenvalue weighted by molar-refractivity contribution is 7.92. The number of benzene rings is 2. The first-order chi connectivity index (χ1) is 15.1. The Morgan fingerprint density at radius 3 is 2.53 bits per heavy atom. The average molecular weight is 486 g/mol. The highest BCUT2D eigenvalue weighted by Gasteiger charge is 2.31. The average Bonchev–Trinajstić information content (AvgIpc) is 3.52. The monoisotopic (exact) mass is 485 g/mol. The molecule has 1 aromatic heterocycles. The van der Waals surface area contributed by atoms with Crippen LogP contribution in [-0.4, -0.2) is 30.9 Å². The summed E-state index contributed by atoms with van der Waals surface area (Å²) in [6.45, 7) is 0. The number of nitrogens with one attached hydrogen (secondary N) is 1. The minimum Gasteiger partial charge on any atom is -0.489 e. The molecule has 0 radical (unpaired) electrons. The van der Waals surface area contributed by atoms with Gasteiger partial charge in [-0.05, 0) is 43.2 Å². The normalized spacial score (nSPS) is 14.1. The number of hydrogen-bond acceptors (Lipinski definition) is 6. The lowest BCUT2D eigenvalue weighted by Gasteiger charge is -2.12. The van der Waals surface area contributed by atoms with Crippen LogP contribution in [0.2, 0.25) is 5.02 Å². The largest absolute Gasteiger partial charge is 0.573 e. The van der Waals surface area contributed by atoms with E-state index in [0.717, 1.165) is 43.4 Å². The van der Waals surface area contributed by atoms with Crippen molar-refractivity contribution in [3.8, 4) is 22.8 Å². The number of nitrogens with zero attached hydrogens (tertiary/aromatic N) is 2.